The summed E-state index contributed by atoms with van der Waals surface area (Å²) in [5.74, 6) is 0.693. The van der Waals surface area contributed by atoms with Crippen LogP contribution in [-0.2, 0) is 0 Å². The molecule has 0 saturated carbocycles. The molecule has 1 saturated heterocycles. The summed E-state index contributed by atoms with van der Waals surface area (Å²) in [5, 5.41) is 3.46. The highest BCUT2D eigenvalue weighted by Crippen LogP contribution is 2.32. The monoisotopic (exact) mass is 421 g/mol. The zero-order valence-electron chi connectivity index (χ0n) is 16.6. The van der Waals surface area contributed by atoms with Crippen LogP contribution in [0, 0.1) is 13.8 Å². The molecule has 1 amide bonds. The zero-order valence-corrected chi connectivity index (χ0v) is 18.1. The van der Waals surface area contributed by atoms with Gasteiger partial charge in [-0.25, -0.2) is 4.98 Å². The number of aromatic nitrogens is 1. The second kappa shape index (κ2) is 8.68. The largest absolute Gasteiger partial charge is 0.496 e. The predicted octanol–water partition coefficient (Wildman–Crippen LogP) is 4.58. The Kier molecular flexibility index (Phi) is 6.48. The van der Waals surface area contributed by atoms with Crippen LogP contribution in [0.2, 0.25) is 10.3 Å². The second-order valence-electron chi connectivity index (χ2n) is 7.21. The molecule has 0 aliphatic carbocycles. The topological polar surface area (TPSA) is 54.5 Å². The summed E-state index contributed by atoms with van der Waals surface area (Å²) in [4.78, 5) is 18.9. The molecule has 1 unspecified atom stereocenters. The van der Waals surface area contributed by atoms with E-state index in [1.165, 1.54) is 16.7 Å². The van der Waals surface area contributed by atoms with E-state index in [4.69, 9.17) is 27.9 Å². The first-order valence-electron chi connectivity index (χ1n) is 9.32. The smallest absolute Gasteiger partial charge is 0.254 e. The lowest BCUT2D eigenvalue weighted by molar-refractivity contribution is 0.0936. The molecular formula is C21H25Cl2N3O2. The highest BCUT2D eigenvalue weighted by atomic mass is 35.5. The van der Waals surface area contributed by atoms with Crippen molar-refractivity contribution in [2.24, 2.45) is 0 Å². The van der Waals surface area contributed by atoms with Gasteiger partial charge in [-0.15, -0.1) is 0 Å². The average Bonchev–Trinajstić information content (AvgIpc) is 3.11. The van der Waals surface area contributed by atoms with Gasteiger partial charge in [-0.1, -0.05) is 29.3 Å². The number of hydrogen-bond acceptors (Lipinski definition) is 4. The van der Waals surface area contributed by atoms with Crippen molar-refractivity contribution in [3.63, 3.8) is 0 Å². The van der Waals surface area contributed by atoms with E-state index >= 15 is 0 Å². The van der Waals surface area contributed by atoms with E-state index in [1.54, 1.807) is 19.2 Å². The third-order valence-electron chi connectivity index (χ3n) is 5.61. The van der Waals surface area contributed by atoms with E-state index in [2.05, 4.69) is 42.0 Å². The number of carbonyl (C=O) groups is 1. The number of benzene rings is 1. The number of hydrogen-bond donors (Lipinski definition) is 1. The van der Waals surface area contributed by atoms with Crippen molar-refractivity contribution < 1.29 is 9.53 Å². The first kappa shape index (κ1) is 20.9. The molecule has 0 bridgehead atoms. The number of likely N-dealkylation sites (tertiary alicyclic amines) is 1. The van der Waals surface area contributed by atoms with Crippen molar-refractivity contribution >= 4 is 29.1 Å². The fourth-order valence-corrected chi connectivity index (χ4v) is 4.22. The van der Waals surface area contributed by atoms with Crippen LogP contribution in [0.25, 0.3) is 0 Å². The summed E-state index contributed by atoms with van der Waals surface area (Å²) < 4.78 is 5.42. The Bertz CT molecular complexity index is 888. The van der Waals surface area contributed by atoms with Gasteiger partial charge in [-0.2, -0.15) is 0 Å². The van der Waals surface area contributed by atoms with Gasteiger partial charge in [0.15, 0.2) is 0 Å². The maximum Gasteiger partial charge on any atom is 0.254 e. The van der Waals surface area contributed by atoms with Gasteiger partial charge in [0.05, 0.1) is 12.7 Å². The van der Waals surface area contributed by atoms with Gasteiger partial charge < -0.3 is 10.1 Å². The van der Waals surface area contributed by atoms with Crippen molar-refractivity contribution in [2.75, 3.05) is 20.2 Å². The summed E-state index contributed by atoms with van der Waals surface area (Å²) in [6, 6.07) is 7.66. The van der Waals surface area contributed by atoms with Crippen LogP contribution in [0.1, 0.15) is 46.4 Å². The number of amides is 1. The fraction of sp³-hybridized carbons (Fsp3) is 0.429. The van der Waals surface area contributed by atoms with Gasteiger partial charge >= 0.3 is 0 Å². The SMILES string of the molecule is COc1ccc(C(C)N2CC[C@@H](NC(=O)c3ccc(Cl)nc3Cl)C2)c(C)c1C. The van der Waals surface area contributed by atoms with Crippen LogP contribution in [0.5, 0.6) is 5.75 Å². The van der Waals surface area contributed by atoms with Crippen LogP contribution in [0.3, 0.4) is 0 Å². The normalized spacial score (nSPS) is 18.1. The highest BCUT2D eigenvalue weighted by molar-refractivity contribution is 6.34. The number of rotatable bonds is 5. The van der Waals surface area contributed by atoms with Gasteiger partial charge in [0, 0.05) is 25.2 Å². The van der Waals surface area contributed by atoms with E-state index in [9.17, 15) is 4.79 Å². The molecule has 7 heteroatoms. The van der Waals surface area contributed by atoms with E-state index in [0.29, 0.717) is 5.56 Å². The summed E-state index contributed by atoms with van der Waals surface area (Å²) in [7, 11) is 1.70. The van der Waals surface area contributed by atoms with E-state index in [-0.39, 0.29) is 28.3 Å². The molecule has 0 spiro atoms. The van der Waals surface area contributed by atoms with E-state index < -0.39 is 0 Å². The summed E-state index contributed by atoms with van der Waals surface area (Å²) in [6.07, 6.45) is 0.892. The lowest BCUT2D eigenvalue weighted by Gasteiger charge is -2.27. The average molecular weight is 422 g/mol. The summed E-state index contributed by atoms with van der Waals surface area (Å²) in [6.45, 7) is 8.13. The van der Waals surface area contributed by atoms with Crippen LogP contribution < -0.4 is 10.1 Å². The third kappa shape index (κ3) is 4.27. The highest BCUT2D eigenvalue weighted by Gasteiger charge is 2.29. The van der Waals surface area contributed by atoms with Crippen molar-refractivity contribution in [1.29, 1.82) is 0 Å². The predicted molar refractivity (Wildman–Crippen MR) is 113 cm³/mol. The van der Waals surface area contributed by atoms with Gasteiger partial charge in [0.25, 0.3) is 5.91 Å². The molecule has 5 nitrogen and oxygen atoms in total. The zero-order chi connectivity index (χ0) is 20.4. The standard InChI is InChI=1S/C21H25Cl2N3O2/c1-12-13(2)18(28-4)7-5-16(12)14(3)26-10-9-15(11-26)24-21(27)17-6-8-19(22)25-20(17)23/h5-8,14-15H,9-11H2,1-4H3,(H,24,27)/t14?,15-/m1/s1. The Labute approximate surface area is 176 Å². The molecule has 1 N–H and O–H groups in total. The van der Waals surface area contributed by atoms with Crippen LogP contribution in [0.15, 0.2) is 24.3 Å². The summed E-state index contributed by atoms with van der Waals surface area (Å²) >= 11 is 11.9. The second-order valence-corrected chi connectivity index (χ2v) is 7.95. The molecule has 2 atom stereocenters. The first-order valence-corrected chi connectivity index (χ1v) is 10.1. The Morgan fingerprint density at radius 2 is 2.00 bits per heavy atom. The molecule has 1 aromatic heterocycles. The van der Waals surface area contributed by atoms with Crippen molar-refractivity contribution in [3.05, 3.63) is 56.8 Å². The summed E-state index contributed by atoms with van der Waals surface area (Å²) in [5.41, 5.74) is 4.05. The molecular weight excluding hydrogens is 397 g/mol. The van der Waals surface area contributed by atoms with Crippen molar-refractivity contribution in [3.8, 4) is 5.75 Å². The lowest BCUT2D eigenvalue weighted by Crippen LogP contribution is -2.37. The number of carbonyl (C=O) groups excluding carboxylic acids is 1. The minimum absolute atomic E-state index is 0.0707. The van der Waals surface area contributed by atoms with E-state index in [1.807, 2.05) is 6.07 Å². The van der Waals surface area contributed by atoms with Crippen LogP contribution in [0.4, 0.5) is 0 Å². The van der Waals surface area contributed by atoms with Crippen LogP contribution >= 0.6 is 23.2 Å². The number of pyridine rings is 1. The van der Waals surface area contributed by atoms with Gasteiger partial charge in [-0.3, -0.25) is 9.69 Å². The molecule has 2 heterocycles. The first-order chi connectivity index (χ1) is 13.3. The lowest BCUT2D eigenvalue weighted by atomic mass is 9.97. The maximum atomic E-state index is 12.5. The van der Waals surface area contributed by atoms with Gasteiger partial charge in [-0.05, 0) is 62.1 Å². The minimum atomic E-state index is -0.217. The Hall–Kier alpha value is -1.82. The Morgan fingerprint density at radius 1 is 1.25 bits per heavy atom. The number of halogens is 2. The maximum absolute atomic E-state index is 12.5. The molecule has 150 valence electrons. The third-order valence-corrected chi connectivity index (χ3v) is 6.11. The fourth-order valence-electron chi connectivity index (χ4n) is 3.79. The quantitative estimate of drug-likeness (QED) is 0.717. The molecule has 2 aromatic rings. The Balaban J connectivity index is 1.66. The van der Waals surface area contributed by atoms with Crippen molar-refractivity contribution in [1.82, 2.24) is 15.2 Å². The molecule has 1 fully saturated rings. The number of nitrogens with zero attached hydrogens (tertiary/aromatic N) is 2. The minimum Gasteiger partial charge on any atom is -0.496 e. The molecule has 0 radical (unpaired) electrons. The Morgan fingerprint density at radius 3 is 2.68 bits per heavy atom. The number of ether oxygens (including phenoxy) is 1. The molecule has 28 heavy (non-hydrogen) atoms. The number of nitrogens with one attached hydrogen (secondary N) is 1. The molecule has 1 aliphatic heterocycles. The van der Waals surface area contributed by atoms with E-state index in [0.717, 1.165) is 25.3 Å². The van der Waals surface area contributed by atoms with Gasteiger partial charge in [0.1, 0.15) is 16.1 Å². The van der Waals surface area contributed by atoms with Crippen LogP contribution in [-0.4, -0.2) is 42.0 Å². The molecule has 1 aromatic carbocycles. The molecule has 1 aliphatic rings. The van der Waals surface area contributed by atoms with Crippen molar-refractivity contribution in [2.45, 2.75) is 39.3 Å². The number of methoxy groups -OCH3 is 1. The van der Waals surface area contributed by atoms with Gasteiger partial charge in [0.2, 0.25) is 0 Å². The molecule has 3 rings (SSSR count).